The smallest absolute Gasteiger partial charge is 0.343 e. The van der Waals surface area contributed by atoms with Gasteiger partial charge in [0.15, 0.2) is 0 Å². The van der Waals surface area contributed by atoms with Crippen LogP contribution in [0.5, 0.6) is 23.0 Å². The van der Waals surface area contributed by atoms with E-state index in [9.17, 15) is 24.0 Å². The van der Waals surface area contributed by atoms with Crippen LogP contribution < -0.4 is 18.9 Å². The number of carboxylic acids is 1. The topological polar surface area (TPSA) is 161 Å². The van der Waals surface area contributed by atoms with Crippen molar-refractivity contribution in [2.75, 3.05) is 26.4 Å². The van der Waals surface area contributed by atoms with Gasteiger partial charge in [0.25, 0.3) is 6.47 Å². The molecule has 12 nitrogen and oxygen atoms in total. The lowest BCUT2D eigenvalue weighted by atomic mass is 10.2. The summed E-state index contributed by atoms with van der Waals surface area (Å²) in [5.41, 5.74) is 3.77. The largest absolute Gasteiger partial charge is 0.494 e. The number of hydrogen-bond acceptors (Lipinski definition) is 11. The third kappa shape index (κ3) is 21.2. The molecule has 0 unspecified atom stereocenters. The lowest BCUT2D eigenvalue weighted by Gasteiger charge is -2.08. The predicted molar refractivity (Wildman–Crippen MR) is 229 cm³/mol. The highest BCUT2D eigenvalue weighted by molar-refractivity contribution is 5.91. The van der Waals surface area contributed by atoms with Crippen LogP contribution in [0, 0.1) is 6.92 Å². The van der Waals surface area contributed by atoms with Crippen LogP contribution >= 0.6 is 0 Å². The molecule has 0 fully saturated rings. The first-order valence-corrected chi connectivity index (χ1v) is 19.6. The molecule has 0 saturated carbocycles. The van der Waals surface area contributed by atoms with Crippen LogP contribution in [0.1, 0.15) is 91.1 Å². The fraction of sp³-hybridized carbons (Fsp3) is 0.312. The Morgan fingerprint density at radius 3 is 1.42 bits per heavy atom. The molecular weight excluding hydrogens is 769 g/mol. The summed E-state index contributed by atoms with van der Waals surface area (Å²) >= 11 is 0. The van der Waals surface area contributed by atoms with Crippen LogP contribution in [0.25, 0.3) is 0 Å². The minimum Gasteiger partial charge on any atom is -0.494 e. The second kappa shape index (κ2) is 28.7. The monoisotopic (exact) mass is 824 g/mol. The van der Waals surface area contributed by atoms with Crippen molar-refractivity contribution in [1.29, 1.82) is 0 Å². The van der Waals surface area contributed by atoms with Gasteiger partial charge in [0.05, 0.1) is 37.6 Å². The van der Waals surface area contributed by atoms with E-state index in [0.29, 0.717) is 61.1 Å². The minimum absolute atomic E-state index is 0.115. The third-order valence-corrected chi connectivity index (χ3v) is 8.22. The molecule has 4 aromatic carbocycles. The maximum absolute atomic E-state index is 12.2. The molecule has 0 radical (unpaired) electrons. The molecule has 0 aliphatic rings. The number of aromatic carboxylic acids is 1. The van der Waals surface area contributed by atoms with Gasteiger partial charge in [-0.2, -0.15) is 0 Å². The number of aryl methyl sites for hydroxylation is 2. The molecule has 0 atom stereocenters. The van der Waals surface area contributed by atoms with Crippen LogP contribution in [0.4, 0.5) is 0 Å². The SMILES string of the molecule is C=C(C)C(=O)OCCCCCOc1ccc(C(=O)Oc2ccc(C(=O)O)cc2)cc1.C=C(C)C(=O)OCCCCCOc1ccc(C)cc1.CCc1ccc(OC=O)cc1. The molecule has 0 saturated heterocycles. The van der Waals surface area contributed by atoms with Gasteiger partial charge in [-0.1, -0.05) is 49.9 Å². The molecule has 0 bridgehead atoms. The van der Waals surface area contributed by atoms with Crippen LogP contribution in [-0.4, -0.2) is 61.9 Å². The van der Waals surface area contributed by atoms with Crippen molar-refractivity contribution < 1.29 is 57.5 Å². The van der Waals surface area contributed by atoms with E-state index in [-0.39, 0.29) is 23.3 Å². The summed E-state index contributed by atoms with van der Waals surface area (Å²) in [6.45, 7) is 16.9. The minimum atomic E-state index is -1.05. The zero-order valence-electron chi connectivity index (χ0n) is 34.9. The fourth-order valence-corrected chi connectivity index (χ4v) is 4.73. The highest BCUT2D eigenvalue weighted by Gasteiger charge is 2.10. The summed E-state index contributed by atoms with van der Waals surface area (Å²) in [7, 11) is 0. The highest BCUT2D eigenvalue weighted by atomic mass is 16.5. The Kier molecular flexibility index (Phi) is 23.6. The maximum atomic E-state index is 12.2. The number of carbonyl (C=O) groups is 5. The van der Waals surface area contributed by atoms with Gasteiger partial charge < -0.3 is 33.5 Å². The lowest BCUT2D eigenvalue weighted by Crippen LogP contribution is -2.09. The van der Waals surface area contributed by atoms with E-state index in [1.54, 1.807) is 50.2 Å². The van der Waals surface area contributed by atoms with Gasteiger partial charge in [-0.25, -0.2) is 19.2 Å². The number of benzene rings is 4. The van der Waals surface area contributed by atoms with E-state index in [1.807, 2.05) is 36.4 Å². The number of carbonyl (C=O) groups excluding carboxylic acids is 4. The van der Waals surface area contributed by atoms with E-state index in [1.165, 1.54) is 35.4 Å². The molecule has 0 aliphatic carbocycles. The van der Waals surface area contributed by atoms with Gasteiger partial charge >= 0.3 is 23.9 Å². The highest BCUT2D eigenvalue weighted by Crippen LogP contribution is 2.18. The number of hydrogen-bond donors (Lipinski definition) is 1. The average molecular weight is 825 g/mol. The van der Waals surface area contributed by atoms with Gasteiger partial charge in [0, 0.05) is 11.1 Å². The summed E-state index contributed by atoms with van der Waals surface area (Å²) in [6.07, 6.45) is 6.21. The Hall–Kier alpha value is -6.69. The molecule has 320 valence electrons. The van der Waals surface area contributed by atoms with E-state index in [0.717, 1.165) is 50.7 Å². The third-order valence-electron chi connectivity index (χ3n) is 8.22. The van der Waals surface area contributed by atoms with Gasteiger partial charge in [0.1, 0.15) is 23.0 Å². The molecule has 0 aromatic heterocycles. The predicted octanol–water partition coefficient (Wildman–Crippen LogP) is 9.72. The van der Waals surface area contributed by atoms with Crippen molar-refractivity contribution in [1.82, 2.24) is 0 Å². The molecule has 60 heavy (non-hydrogen) atoms. The van der Waals surface area contributed by atoms with Crippen LogP contribution in [-0.2, 0) is 30.3 Å². The van der Waals surface area contributed by atoms with Crippen LogP contribution in [0.2, 0.25) is 0 Å². The zero-order valence-corrected chi connectivity index (χ0v) is 34.9. The number of carboxylic acid groups (broad SMARTS) is 1. The number of ether oxygens (including phenoxy) is 6. The molecule has 4 rings (SSSR count). The number of rotatable bonds is 22. The summed E-state index contributed by atoms with van der Waals surface area (Å²) in [4.78, 5) is 55.2. The van der Waals surface area contributed by atoms with Gasteiger partial charge in [0.2, 0.25) is 0 Å². The van der Waals surface area contributed by atoms with E-state index in [4.69, 9.17) is 28.8 Å². The van der Waals surface area contributed by atoms with Crippen molar-refractivity contribution in [3.63, 3.8) is 0 Å². The molecule has 0 heterocycles. The molecule has 12 heteroatoms. The van der Waals surface area contributed by atoms with Crippen molar-refractivity contribution in [2.24, 2.45) is 0 Å². The molecular formula is C48H56O12. The second-order valence-electron chi connectivity index (χ2n) is 13.4. The average Bonchev–Trinajstić information content (AvgIpc) is 3.24. The van der Waals surface area contributed by atoms with Gasteiger partial charge in [-0.3, -0.25) is 4.79 Å². The van der Waals surface area contributed by atoms with Crippen molar-refractivity contribution in [3.8, 4) is 23.0 Å². The lowest BCUT2D eigenvalue weighted by molar-refractivity contribution is -0.139. The van der Waals surface area contributed by atoms with Gasteiger partial charge in [-0.05, 0) is 144 Å². The van der Waals surface area contributed by atoms with Crippen molar-refractivity contribution >= 4 is 30.3 Å². The first-order chi connectivity index (χ1) is 28.8. The summed E-state index contributed by atoms with van der Waals surface area (Å²) in [5, 5.41) is 8.87. The Labute approximate surface area is 352 Å². The Morgan fingerprint density at radius 2 is 0.983 bits per heavy atom. The second-order valence-corrected chi connectivity index (χ2v) is 13.4. The van der Waals surface area contributed by atoms with Crippen LogP contribution in [0.15, 0.2) is 121 Å². The number of esters is 3. The standard InChI is InChI=1S/C23H24O7.C16H22O3.C9H10O2/c1-16(2)22(26)29-15-5-3-4-14-28-19-10-8-18(9-11-19)23(27)30-20-12-6-17(7-13-20)21(24)25;1-13(2)16(17)19-12-6-4-5-11-18-15-9-7-14(3)8-10-15;1-2-8-3-5-9(6-4-8)11-7-10/h6-13H,1,3-5,14-15H2,2H3,(H,24,25);7-10H,1,4-6,11-12H2,2-3H3;3-7H,2H2,1H3. The molecule has 4 aromatic rings. The first-order valence-electron chi connectivity index (χ1n) is 19.6. The van der Waals surface area contributed by atoms with Crippen LogP contribution in [0.3, 0.4) is 0 Å². The summed E-state index contributed by atoms with van der Waals surface area (Å²) in [5.74, 6) is 0.114. The Bertz CT molecular complexity index is 1930. The summed E-state index contributed by atoms with van der Waals surface area (Å²) in [6, 6.07) is 27.6. The molecule has 0 aliphatic heterocycles. The van der Waals surface area contributed by atoms with Crippen molar-refractivity contribution in [3.05, 3.63) is 144 Å². The molecule has 0 spiro atoms. The van der Waals surface area contributed by atoms with Crippen molar-refractivity contribution in [2.45, 2.75) is 72.6 Å². The number of unbranched alkanes of at least 4 members (excludes halogenated alkanes) is 4. The molecule has 0 amide bonds. The Balaban J connectivity index is 0.000000350. The quantitative estimate of drug-likeness (QED) is 0.0263. The normalized spacial score (nSPS) is 9.93. The maximum Gasteiger partial charge on any atom is 0.343 e. The molecule has 1 N–H and O–H groups in total. The van der Waals surface area contributed by atoms with E-state index < -0.39 is 11.9 Å². The zero-order chi connectivity index (χ0) is 44.1. The van der Waals surface area contributed by atoms with Gasteiger partial charge in [-0.15, -0.1) is 0 Å². The Morgan fingerprint density at radius 1 is 0.567 bits per heavy atom. The first kappa shape index (κ1) is 49.5. The fourth-order valence-electron chi connectivity index (χ4n) is 4.73. The van der Waals surface area contributed by atoms with E-state index in [2.05, 4.69) is 31.7 Å². The summed E-state index contributed by atoms with van der Waals surface area (Å²) < 4.78 is 31.1. The van der Waals surface area contributed by atoms with E-state index >= 15 is 0 Å².